The Balaban J connectivity index is 1.29. The Hall–Kier alpha value is -3.77. The second-order valence-electron chi connectivity index (χ2n) is 16.4. The van der Waals surface area contributed by atoms with Crippen LogP contribution >= 0.6 is 0 Å². The van der Waals surface area contributed by atoms with E-state index in [1.54, 1.807) is 0 Å². The molecule has 0 bridgehead atoms. The molecule has 2 aromatic rings. The highest BCUT2D eigenvalue weighted by Crippen LogP contribution is 2.22. The zero-order valence-corrected chi connectivity index (χ0v) is 37.9. The minimum atomic E-state index is -0.0245. The molecule has 0 saturated carbocycles. The van der Waals surface area contributed by atoms with Gasteiger partial charge < -0.3 is 15.4 Å². The topological polar surface area (TPSA) is 75.1 Å². The number of azo groups is 1. The maximum absolute atomic E-state index is 12.1. The summed E-state index contributed by atoms with van der Waals surface area (Å²) in [6.45, 7) is 6.78. The first-order valence-corrected chi connectivity index (χ1v) is 24.4. The maximum atomic E-state index is 12.1. The number of nitrogens with one attached hydrogen (secondary N) is 2. The van der Waals surface area contributed by atoms with Crippen molar-refractivity contribution in [2.24, 2.45) is 10.2 Å². The Morgan fingerprint density at radius 3 is 1.34 bits per heavy atom. The molecule has 0 radical (unpaired) electrons. The van der Waals surface area contributed by atoms with Gasteiger partial charge in [0.15, 0.2) is 0 Å². The van der Waals surface area contributed by atoms with E-state index in [0.717, 1.165) is 81.8 Å². The summed E-state index contributed by atoms with van der Waals surface area (Å²) in [6, 6.07) is 16.3. The van der Waals surface area contributed by atoms with E-state index in [-0.39, 0.29) is 6.03 Å². The lowest BCUT2D eigenvalue weighted by Crippen LogP contribution is -2.36. The van der Waals surface area contributed by atoms with Gasteiger partial charge in [0.25, 0.3) is 0 Å². The molecule has 2 N–H and O–H groups in total. The maximum Gasteiger partial charge on any atom is 0.314 e. The van der Waals surface area contributed by atoms with Gasteiger partial charge in [-0.3, -0.25) is 0 Å². The minimum Gasteiger partial charge on any atom is -0.494 e. The van der Waals surface area contributed by atoms with Crippen molar-refractivity contribution in [2.45, 2.75) is 213 Å². The van der Waals surface area contributed by atoms with Crippen molar-refractivity contribution in [3.8, 4) is 29.4 Å². The summed E-state index contributed by atoms with van der Waals surface area (Å²) >= 11 is 0. The number of unbranched alkanes of at least 4 members (excludes halogenated alkanes) is 26. The Morgan fingerprint density at radius 1 is 0.475 bits per heavy atom. The van der Waals surface area contributed by atoms with Crippen LogP contribution in [0, 0.1) is 23.7 Å². The predicted molar refractivity (Wildman–Crippen MR) is 253 cm³/mol. The quantitative estimate of drug-likeness (QED) is 0.0405. The summed E-state index contributed by atoms with van der Waals surface area (Å²) in [5, 5.41) is 14.8. The number of ether oxygens (including phenoxy) is 1. The van der Waals surface area contributed by atoms with Gasteiger partial charge in [0.1, 0.15) is 5.75 Å². The van der Waals surface area contributed by atoms with Gasteiger partial charge >= 0.3 is 6.03 Å². The van der Waals surface area contributed by atoms with E-state index in [1.807, 2.05) is 24.3 Å². The van der Waals surface area contributed by atoms with Gasteiger partial charge in [-0.2, -0.15) is 10.2 Å². The highest BCUT2D eigenvalue weighted by molar-refractivity contribution is 5.73. The molecule has 0 saturated heterocycles. The molecule has 0 spiro atoms. The molecule has 0 unspecified atom stereocenters. The van der Waals surface area contributed by atoms with Gasteiger partial charge in [0.2, 0.25) is 0 Å². The van der Waals surface area contributed by atoms with E-state index in [0.29, 0.717) is 0 Å². The van der Waals surface area contributed by atoms with E-state index in [4.69, 9.17) is 4.74 Å². The number of nitrogens with zero attached hydrogens (tertiary/aromatic N) is 2. The molecular formula is C53H84N4O2. The molecule has 2 amide bonds. The molecule has 0 atom stereocenters. The summed E-state index contributed by atoms with van der Waals surface area (Å²) in [7, 11) is 0. The van der Waals surface area contributed by atoms with Gasteiger partial charge in [-0.1, -0.05) is 179 Å². The van der Waals surface area contributed by atoms with Crippen LogP contribution in [0.4, 0.5) is 16.2 Å². The second kappa shape index (κ2) is 39.7. The van der Waals surface area contributed by atoms with E-state index >= 15 is 0 Å². The van der Waals surface area contributed by atoms with E-state index in [9.17, 15) is 4.79 Å². The zero-order chi connectivity index (χ0) is 41.9. The monoisotopic (exact) mass is 809 g/mol. The number of carbonyl (C=O) groups is 1. The Bertz CT molecular complexity index is 1410. The summed E-state index contributed by atoms with van der Waals surface area (Å²) in [5.74, 6) is 13.4. The number of amides is 2. The van der Waals surface area contributed by atoms with Crippen molar-refractivity contribution in [3.05, 3.63) is 54.1 Å². The third-order valence-corrected chi connectivity index (χ3v) is 10.9. The van der Waals surface area contributed by atoms with Crippen molar-refractivity contribution in [3.63, 3.8) is 0 Å². The van der Waals surface area contributed by atoms with Gasteiger partial charge in [-0.15, -0.1) is 0 Å². The van der Waals surface area contributed by atoms with Crippen molar-refractivity contribution >= 4 is 17.4 Å². The van der Waals surface area contributed by atoms with Gasteiger partial charge in [0, 0.05) is 25.9 Å². The first kappa shape index (κ1) is 51.4. The Morgan fingerprint density at radius 2 is 0.864 bits per heavy atom. The van der Waals surface area contributed by atoms with Crippen LogP contribution in [0.1, 0.15) is 212 Å². The molecule has 0 aliphatic carbocycles. The van der Waals surface area contributed by atoms with E-state index in [2.05, 4.69) is 82.7 Å². The lowest BCUT2D eigenvalue weighted by molar-refractivity contribution is 0.240. The van der Waals surface area contributed by atoms with Crippen LogP contribution in [-0.2, 0) is 6.42 Å². The van der Waals surface area contributed by atoms with Crippen molar-refractivity contribution in [2.75, 3.05) is 19.7 Å². The lowest BCUT2D eigenvalue weighted by Gasteiger charge is -2.08. The first-order chi connectivity index (χ1) is 29.2. The summed E-state index contributed by atoms with van der Waals surface area (Å²) in [5.41, 5.74) is 3.08. The fourth-order valence-corrected chi connectivity index (χ4v) is 7.11. The molecule has 59 heavy (non-hydrogen) atoms. The smallest absolute Gasteiger partial charge is 0.314 e. The van der Waals surface area contributed by atoms with Crippen LogP contribution < -0.4 is 15.4 Å². The first-order valence-electron chi connectivity index (χ1n) is 24.4. The average Bonchev–Trinajstić information content (AvgIpc) is 3.26. The van der Waals surface area contributed by atoms with Crippen LogP contribution in [0.25, 0.3) is 0 Å². The van der Waals surface area contributed by atoms with Crippen molar-refractivity contribution in [1.82, 2.24) is 10.6 Å². The van der Waals surface area contributed by atoms with Crippen molar-refractivity contribution < 1.29 is 9.53 Å². The summed E-state index contributed by atoms with van der Waals surface area (Å²) in [6.07, 6.45) is 38.4. The van der Waals surface area contributed by atoms with Crippen LogP contribution in [0.3, 0.4) is 0 Å². The molecule has 2 rings (SSSR count). The summed E-state index contributed by atoms with van der Waals surface area (Å²) < 4.78 is 5.95. The molecule has 328 valence electrons. The molecule has 0 aliphatic rings. The largest absolute Gasteiger partial charge is 0.494 e. The lowest BCUT2D eigenvalue weighted by atomic mass is 10.1. The zero-order valence-electron chi connectivity index (χ0n) is 37.9. The Kier molecular flexibility index (Phi) is 34.5. The SMILES string of the molecule is CCCCCCCCCCCCC#CC#CCCCCCCCCNC(=O)NCCCCCCCCCCOc1ccc(N=Nc2ccc(CCCCCC)cc2)cc1. The fraction of sp³-hybridized carbons (Fsp3) is 0.679. The van der Waals surface area contributed by atoms with Crippen LogP contribution in [0.15, 0.2) is 58.8 Å². The van der Waals surface area contributed by atoms with Crippen LogP contribution in [0.5, 0.6) is 5.75 Å². The molecule has 0 aliphatic heterocycles. The normalized spacial score (nSPS) is 10.9. The molecule has 0 aromatic heterocycles. The van der Waals surface area contributed by atoms with E-state index < -0.39 is 0 Å². The van der Waals surface area contributed by atoms with E-state index in [1.165, 1.54) is 160 Å². The highest BCUT2D eigenvalue weighted by Gasteiger charge is 2.01. The molecular weight excluding hydrogens is 725 g/mol. The van der Waals surface area contributed by atoms with Crippen LogP contribution in [-0.4, -0.2) is 25.7 Å². The number of urea groups is 1. The molecule has 0 fully saturated rings. The number of carbonyl (C=O) groups excluding carboxylic acids is 1. The second-order valence-corrected chi connectivity index (χ2v) is 16.4. The van der Waals surface area contributed by atoms with Gasteiger partial charge in [-0.05, 0) is 98.7 Å². The number of hydrogen-bond donors (Lipinski definition) is 2. The highest BCUT2D eigenvalue weighted by atomic mass is 16.5. The molecule has 0 heterocycles. The molecule has 6 heteroatoms. The molecule has 6 nitrogen and oxygen atoms in total. The number of rotatable bonds is 37. The van der Waals surface area contributed by atoms with Gasteiger partial charge in [-0.25, -0.2) is 4.79 Å². The third kappa shape index (κ3) is 32.7. The minimum absolute atomic E-state index is 0.0245. The number of aryl methyl sites for hydroxylation is 1. The fourth-order valence-electron chi connectivity index (χ4n) is 7.11. The Labute approximate surface area is 362 Å². The van der Waals surface area contributed by atoms with Gasteiger partial charge in [0.05, 0.1) is 18.0 Å². The van der Waals surface area contributed by atoms with Crippen LogP contribution in [0.2, 0.25) is 0 Å². The predicted octanol–water partition coefficient (Wildman–Crippen LogP) is 16.1. The average molecular weight is 809 g/mol. The van der Waals surface area contributed by atoms with Crippen molar-refractivity contribution in [1.29, 1.82) is 0 Å². The molecule has 2 aromatic carbocycles. The number of hydrogen-bond acceptors (Lipinski definition) is 4. The third-order valence-electron chi connectivity index (χ3n) is 10.9. The summed E-state index contributed by atoms with van der Waals surface area (Å²) in [4.78, 5) is 12.1. The standard InChI is InChI=1S/C53H84N4O2/c1-3-5-7-9-10-11-12-13-14-15-16-17-18-19-20-21-22-23-24-27-30-34-46-54-53(58)55-47-35-31-28-25-26-29-32-36-48-59-52-44-42-51(43-45-52)57-56-50-40-38-49(39-41-50)37-33-8-6-4-2/h38-45H,3-16,21-37,46-48H2,1-2H3,(H2,54,55,58). The number of benzene rings is 2.